The lowest BCUT2D eigenvalue weighted by Gasteiger charge is -2.26. The van der Waals surface area contributed by atoms with Crippen LogP contribution >= 0.6 is 11.6 Å². The molecule has 1 heterocycles. The number of hydrogen-bond acceptors (Lipinski definition) is 4. The molecule has 0 radical (unpaired) electrons. The van der Waals surface area contributed by atoms with Crippen molar-refractivity contribution in [3.8, 4) is 0 Å². The summed E-state index contributed by atoms with van der Waals surface area (Å²) < 4.78 is 5.30. The van der Waals surface area contributed by atoms with Crippen molar-refractivity contribution in [2.45, 2.75) is 20.3 Å². The van der Waals surface area contributed by atoms with E-state index in [1.54, 1.807) is 11.0 Å². The highest BCUT2D eigenvalue weighted by Crippen LogP contribution is 2.26. The zero-order chi connectivity index (χ0) is 18.2. The summed E-state index contributed by atoms with van der Waals surface area (Å²) in [6.45, 7) is 8.44. The molecular weight excluding hydrogens is 342 g/mol. The highest BCUT2D eigenvalue weighted by Gasteiger charge is 2.17. The van der Waals surface area contributed by atoms with Gasteiger partial charge in [0.15, 0.2) is 0 Å². The van der Waals surface area contributed by atoms with Gasteiger partial charge in [-0.1, -0.05) is 17.7 Å². The Kier molecular flexibility index (Phi) is 7.68. The molecule has 0 aliphatic carbocycles. The summed E-state index contributed by atoms with van der Waals surface area (Å²) in [5, 5.41) is 3.53. The van der Waals surface area contributed by atoms with Crippen molar-refractivity contribution in [1.82, 2.24) is 10.2 Å². The first-order chi connectivity index (χ1) is 12.0. The molecule has 1 aliphatic heterocycles. The predicted molar refractivity (Wildman–Crippen MR) is 99.1 cm³/mol. The van der Waals surface area contributed by atoms with Crippen LogP contribution in [0.2, 0.25) is 5.02 Å². The molecule has 0 unspecified atom stereocenters. The first-order valence-corrected chi connectivity index (χ1v) is 8.97. The molecule has 0 bridgehead atoms. The number of rotatable bonds is 7. The van der Waals surface area contributed by atoms with Gasteiger partial charge in [-0.15, -0.1) is 0 Å². The van der Waals surface area contributed by atoms with E-state index in [0.717, 1.165) is 44.1 Å². The lowest BCUT2D eigenvalue weighted by atomic mass is 10.1. The van der Waals surface area contributed by atoms with Gasteiger partial charge in [-0.2, -0.15) is 0 Å². The second-order valence-corrected chi connectivity index (χ2v) is 6.52. The van der Waals surface area contributed by atoms with E-state index < -0.39 is 0 Å². The minimum Gasteiger partial charge on any atom is -0.379 e. The third-order valence-electron chi connectivity index (χ3n) is 4.33. The van der Waals surface area contributed by atoms with Crippen molar-refractivity contribution < 1.29 is 14.3 Å². The summed E-state index contributed by atoms with van der Waals surface area (Å²) in [6, 6.07) is 5.44. The zero-order valence-corrected chi connectivity index (χ0v) is 15.6. The second-order valence-electron chi connectivity index (χ2n) is 6.11. The number of hydrogen-bond donors (Lipinski definition) is 1. The Balaban J connectivity index is 1.81. The monoisotopic (exact) mass is 367 g/mol. The van der Waals surface area contributed by atoms with Crippen LogP contribution in [0.4, 0.5) is 5.69 Å². The molecule has 7 heteroatoms. The van der Waals surface area contributed by atoms with Crippen molar-refractivity contribution in [3.63, 3.8) is 0 Å². The summed E-state index contributed by atoms with van der Waals surface area (Å²) in [4.78, 5) is 27.9. The number of nitrogens with zero attached hydrogens (tertiary/aromatic N) is 2. The fraction of sp³-hybridized carbons (Fsp3) is 0.556. The maximum absolute atomic E-state index is 12.1. The van der Waals surface area contributed by atoms with Gasteiger partial charge in [-0.3, -0.25) is 14.5 Å². The fourth-order valence-electron chi connectivity index (χ4n) is 2.82. The molecule has 1 N–H and O–H groups in total. The van der Waals surface area contributed by atoms with Gasteiger partial charge in [0, 0.05) is 56.8 Å². The van der Waals surface area contributed by atoms with E-state index in [1.807, 2.05) is 19.1 Å². The van der Waals surface area contributed by atoms with E-state index in [0.29, 0.717) is 18.1 Å². The average molecular weight is 368 g/mol. The van der Waals surface area contributed by atoms with Gasteiger partial charge in [0.25, 0.3) is 0 Å². The molecular formula is C18H26ClN3O3. The predicted octanol–water partition coefficient (Wildman–Crippen LogP) is 1.84. The van der Waals surface area contributed by atoms with E-state index in [4.69, 9.17) is 16.3 Å². The number of halogens is 1. The SMILES string of the molecule is CC(=O)N(CCC(=O)NCCN1CCOCC1)c1cccc(Cl)c1C. The van der Waals surface area contributed by atoms with Crippen LogP contribution in [0, 0.1) is 6.92 Å². The number of anilines is 1. The number of ether oxygens (including phenoxy) is 1. The summed E-state index contributed by atoms with van der Waals surface area (Å²) in [6.07, 6.45) is 0.259. The number of nitrogens with one attached hydrogen (secondary N) is 1. The van der Waals surface area contributed by atoms with E-state index in [-0.39, 0.29) is 18.2 Å². The van der Waals surface area contributed by atoms with Crippen molar-refractivity contribution in [1.29, 1.82) is 0 Å². The van der Waals surface area contributed by atoms with E-state index >= 15 is 0 Å². The minimum absolute atomic E-state index is 0.0563. The molecule has 25 heavy (non-hydrogen) atoms. The maximum atomic E-state index is 12.1. The molecule has 2 amide bonds. The van der Waals surface area contributed by atoms with Gasteiger partial charge in [-0.05, 0) is 24.6 Å². The molecule has 1 saturated heterocycles. The van der Waals surface area contributed by atoms with Gasteiger partial charge in [0.1, 0.15) is 0 Å². The molecule has 1 fully saturated rings. The maximum Gasteiger partial charge on any atom is 0.223 e. The minimum atomic E-state index is -0.105. The molecule has 0 spiro atoms. The van der Waals surface area contributed by atoms with Gasteiger partial charge < -0.3 is 15.0 Å². The normalized spacial score (nSPS) is 15.0. The summed E-state index contributed by atoms with van der Waals surface area (Å²) in [5.74, 6) is -0.161. The Hall–Kier alpha value is -1.63. The molecule has 1 aliphatic rings. The first-order valence-electron chi connectivity index (χ1n) is 8.59. The Morgan fingerprint density at radius 2 is 2.04 bits per heavy atom. The first kappa shape index (κ1) is 19.7. The molecule has 1 aromatic rings. The average Bonchev–Trinajstić information content (AvgIpc) is 2.59. The zero-order valence-electron chi connectivity index (χ0n) is 14.9. The van der Waals surface area contributed by atoms with Crippen LogP contribution in [0.25, 0.3) is 0 Å². The van der Waals surface area contributed by atoms with Crippen LogP contribution in [0.15, 0.2) is 18.2 Å². The Labute approximate surface area is 154 Å². The van der Waals surface area contributed by atoms with Crippen LogP contribution in [-0.2, 0) is 14.3 Å². The third kappa shape index (κ3) is 5.99. The van der Waals surface area contributed by atoms with Gasteiger partial charge >= 0.3 is 0 Å². The highest BCUT2D eigenvalue weighted by atomic mass is 35.5. The topological polar surface area (TPSA) is 61.9 Å². The number of carbonyl (C=O) groups excluding carboxylic acids is 2. The van der Waals surface area contributed by atoms with E-state index in [2.05, 4.69) is 10.2 Å². The summed E-state index contributed by atoms with van der Waals surface area (Å²) in [5.41, 5.74) is 1.59. The van der Waals surface area contributed by atoms with Crippen molar-refractivity contribution in [3.05, 3.63) is 28.8 Å². The number of morpholine rings is 1. The standard InChI is InChI=1S/C18H26ClN3O3/c1-14-16(19)4-3-5-17(14)22(15(2)23)8-6-18(24)20-7-9-21-10-12-25-13-11-21/h3-5H,6-13H2,1-2H3,(H,20,24). The molecule has 0 atom stereocenters. The van der Waals surface area contributed by atoms with Crippen LogP contribution in [0.5, 0.6) is 0 Å². The van der Waals surface area contributed by atoms with Crippen LogP contribution in [0.1, 0.15) is 18.9 Å². The molecule has 0 aromatic heterocycles. The Bertz CT molecular complexity index is 603. The number of amides is 2. The third-order valence-corrected chi connectivity index (χ3v) is 4.74. The second kappa shape index (κ2) is 9.75. The van der Waals surface area contributed by atoms with Crippen molar-refractivity contribution in [2.75, 3.05) is 50.8 Å². The molecule has 1 aromatic carbocycles. The Morgan fingerprint density at radius 3 is 2.72 bits per heavy atom. The fourth-order valence-corrected chi connectivity index (χ4v) is 2.99. The van der Waals surface area contributed by atoms with E-state index in [1.165, 1.54) is 6.92 Å². The summed E-state index contributed by atoms with van der Waals surface area (Å²) in [7, 11) is 0. The van der Waals surface area contributed by atoms with Gasteiger partial charge in [0.2, 0.25) is 11.8 Å². The Morgan fingerprint density at radius 1 is 1.32 bits per heavy atom. The summed E-state index contributed by atoms with van der Waals surface area (Å²) >= 11 is 6.14. The van der Waals surface area contributed by atoms with E-state index in [9.17, 15) is 9.59 Å². The van der Waals surface area contributed by atoms with Gasteiger partial charge in [0.05, 0.1) is 13.2 Å². The largest absolute Gasteiger partial charge is 0.379 e. The highest BCUT2D eigenvalue weighted by molar-refractivity contribution is 6.31. The number of carbonyl (C=O) groups is 2. The lowest BCUT2D eigenvalue weighted by molar-refractivity contribution is -0.121. The van der Waals surface area contributed by atoms with Crippen molar-refractivity contribution >= 4 is 29.1 Å². The molecule has 6 nitrogen and oxygen atoms in total. The molecule has 138 valence electrons. The lowest BCUT2D eigenvalue weighted by Crippen LogP contribution is -2.42. The van der Waals surface area contributed by atoms with Gasteiger partial charge in [-0.25, -0.2) is 0 Å². The van der Waals surface area contributed by atoms with Crippen LogP contribution in [-0.4, -0.2) is 62.7 Å². The van der Waals surface area contributed by atoms with Crippen LogP contribution < -0.4 is 10.2 Å². The quantitative estimate of drug-likeness (QED) is 0.798. The molecule has 0 saturated carbocycles. The molecule has 2 rings (SSSR count). The smallest absolute Gasteiger partial charge is 0.223 e. The van der Waals surface area contributed by atoms with Crippen molar-refractivity contribution in [2.24, 2.45) is 0 Å². The number of benzene rings is 1. The van der Waals surface area contributed by atoms with Crippen LogP contribution in [0.3, 0.4) is 0 Å².